The van der Waals surface area contributed by atoms with E-state index in [0.717, 1.165) is 31.2 Å². The minimum atomic E-state index is -4.11. The van der Waals surface area contributed by atoms with Crippen molar-refractivity contribution >= 4 is 25.6 Å². The molecule has 0 aliphatic carbocycles. The molecule has 1 heterocycles. The number of nitrogens with one attached hydrogen (secondary N) is 2. The summed E-state index contributed by atoms with van der Waals surface area (Å²) in [7, 11) is -4.11. The summed E-state index contributed by atoms with van der Waals surface area (Å²) in [5.41, 5.74) is 2.08. The molecule has 3 atom stereocenters. The van der Waals surface area contributed by atoms with E-state index in [1.807, 2.05) is 60.7 Å². The van der Waals surface area contributed by atoms with Gasteiger partial charge >= 0.3 is 25.6 Å². The van der Waals surface area contributed by atoms with Gasteiger partial charge in [-0.25, -0.2) is 14.4 Å². The molecule has 224 valence electrons. The lowest BCUT2D eigenvalue weighted by molar-refractivity contribution is -0.166. The second kappa shape index (κ2) is 17.7. The average molecular weight is 589 g/mol. The lowest BCUT2D eigenvalue weighted by Crippen LogP contribution is -2.37. The zero-order valence-corrected chi connectivity index (χ0v) is 24.3. The van der Waals surface area contributed by atoms with Crippen molar-refractivity contribution in [1.29, 1.82) is 0 Å². The summed E-state index contributed by atoms with van der Waals surface area (Å²) in [5.74, 6) is -1.69. The average Bonchev–Trinajstić information content (AvgIpc) is 3.52. The highest BCUT2D eigenvalue weighted by molar-refractivity contribution is 7.52. The number of hydrogen-bond acceptors (Lipinski definition) is 8. The van der Waals surface area contributed by atoms with Crippen molar-refractivity contribution in [2.45, 2.75) is 76.5 Å². The quantitative estimate of drug-likeness (QED) is 0.102. The van der Waals surface area contributed by atoms with Gasteiger partial charge in [-0.1, -0.05) is 67.1 Å². The topological polar surface area (TPSA) is 140 Å². The van der Waals surface area contributed by atoms with Gasteiger partial charge in [0.05, 0.1) is 6.16 Å². The van der Waals surface area contributed by atoms with Crippen molar-refractivity contribution in [3.05, 3.63) is 71.8 Å². The van der Waals surface area contributed by atoms with Gasteiger partial charge in [0.2, 0.25) is 0 Å². The molecule has 0 saturated carbocycles. The van der Waals surface area contributed by atoms with Gasteiger partial charge in [-0.3, -0.25) is 9.09 Å². The zero-order valence-electron chi connectivity index (χ0n) is 23.4. The molecule has 11 heteroatoms. The summed E-state index contributed by atoms with van der Waals surface area (Å²) in [6.45, 7) is 1.08. The minimum absolute atomic E-state index is 0.0590. The highest BCUT2D eigenvalue weighted by atomic mass is 31.2. The molecule has 1 aliphatic heterocycles. The predicted molar refractivity (Wildman–Crippen MR) is 154 cm³/mol. The fourth-order valence-electron chi connectivity index (χ4n) is 4.47. The van der Waals surface area contributed by atoms with Crippen molar-refractivity contribution in [2.24, 2.45) is 0 Å². The lowest BCUT2D eigenvalue weighted by Gasteiger charge is -2.20. The van der Waals surface area contributed by atoms with Crippen molar-refractivity contribution in [3.8, 4) is 0 Å². The van der Waals surface area contributed by atoms with Gasteiger partial charge in [0.1, 0.15) is 12.6 Å². The fourth-order valence-corrected chi connectivity index (χ4v) is 5.79. The number of amides is 1. The van der Waals surface area contributed by atoms with Crippen molar-refractivity contribution in [1.82, 2.24) is 10.6 Å². The summed E-state index contributed by atoms with van der Waals surface area (Å²) in [4.78, 5) is 47.6. The molecule has 3 rings (SSSR count). The Balaban J connectivity index is 1.42. The van der Waals surface area contributed by atoms with Gasteiger partial charge in [-0.15, -0.1) is 0 Å². The molecule has 2 aromatic carbocycles. The molecule has 0 spiro atoms. The first-order chi connectivity index (χ1) is 19.8. The number of unbranched alkanes of at least 4 members (excludes halogenated alkanes) is 3. The number of carbonyl (C=O) groups excluding carboxylic acids is 3. The number of benzene rings is 2. The maximum Gasteiger partial charge on any atom is 0.407 e. The van der Waals surface area contributed by atoms with Crippen LogP contribution in [-0.2, 0) is 41.2 Å². The van der Waals surface area contributed by atoms with E-state index in [4.69, 9.17) is 14.0 Å². The normalized spacial score (nSPS) is 16.9. The third kappa shape index (κ3) is 13.0. The van der Waals surface area contributed by atoms with E-state index in [-0.39, 0.29) is 25.7 Å². The van der Waals surface area contributed by atoms with Gasteiger partial charge in [0.15, 0.2) is 6.10 Å². The number of alkyl carbamates (subject to hydrolysis) is 1. The van der Waals surface area contributed by atoms with E-state index in [1.54, 1.807) is 0 Å². The van der Waals surface area contributed by atoms with E-state index < -0.39 is 37.8 Å². The molecule has 1 saturated heterocycles. The van der Waals surface area contributed by atoms with Crippen LogP contribution in [0.1, 0.15) is 62.5 Å². The van der Waals surface area contributed by atoms with Crippen molar-refractivity contribution in [2.75, 3.05) is 19.3 Å². The molecule has 1 amide bonds. The van der Waals surface area contributed by atoms with Crippen molar-refractivity contribution < 1.29 is 37.8 Å². The van der Waals surface area contributed by atoms with Gasteiger partial charge < -0.3 is 25.0 Å². The van der Waals surface area contributed by atoms with E-state index in [9.17, 15) is 23.8 Å². The Hall–Kier alpha value is -3.04. The maximum atomic E-state index is 12.8. The molecule has 1 aliphatic rings. The molecule has 2 aromatic rings. The van der Waals surface area contributed by atoms with Crippen LogP contribution < -0.4 is 10.6 Å². The first-order valence-electron chi connectivity index (χ1n) is 14.3. The molecule has 0 radical (unpaired) electrons. The number of rotatable bonds is 17. The molecular weight excluding hydrogens is 547 g/mol. The van der Waals surface area contributed by atoms with E-state index in [1.165, 1.54) is 5.56 Å². The van der Waals surface area contributed by atoms with Gasteiger partial charge in [-0.05, 0) is 69.0 Å². The Kier molecular flexibility index (Phi) is 14.0. The standard InChI is InChI=1S/C30H41N2O8P/c33-28(26-18-12-21-31-26)39-29(34)27(19-9-10-20-32-30(35)38-23-25-16-6-2-7-17-25)40-41(36,37)22-11-3-8-15-24-13-4-1-5-14-24/h1-2,4-7,13-14,16-17,26-27,31H,3,8-12,15,18-23H2,(H,32,35)(H,36,37)/t26-,27?/m0/s1. The maximum absolute atomic E-state index is 12.8. The van der Waals surface area contributed by atoms with E-state index in [0.29, 0.717) is 32.2 Å². The number of hydrogen-bond donors (Lipinski definition) is 3. The van der Waals surface area contributed by atoms with Gasteiger partial charge in [-0.2, -0.15) is 0 Å². The number of ether oxygens (including phenoxy) is 2. The SMILES string of the molecule is O=C(NCCCCC(OP(=O)(O)CCCCCc1ccccc1)C(=O)OC(=O)[C@@H]1CCCN1)OCc1ccccc1. The van der Waals surface area contributed by atoms with Crippen LogP contribution in [-0.4, -0.2) is 54.3 Å². The largest absolute Gasteiger partial charge is 0.445 e. The van der Waals surface area contributed by atoms with Crippen LogP contribution in [0.5, 0.6) is 0 Å². The zero-order chi connectivity index (χ0) is 29.3. The molecular formula is C30H41N2O8P. The lowest BCUT2D eigenvalue weighted by atomic mass is 10.1. The Morgan fingerprint density at radius 1 is 0.951 bits per heavy atom. The summed E-state index contributed by atoms with van der Waals surface area (Å²) >= 11 is 0. The van der Waals surface area contributed by atoms with Crippen LogP contribution in [0.15, 0.2) is 60.7 Å². The Bertz CT molecular complexity index is 1130. The van der Waals surface area contributed by atoms with Gasteiger partial charge in [0, 0.05) is 6.54 Å². The first kappa shape index (κ1) is 32.5. The fraction of sp³-hybridized carbons (Fsp3) is 0.500. The highest BCUT2D eigenvalue weighted by Crippen LogP contribution is 2.45. The minimum Gasteiger partial charge on any atom is -0.445 e. The molecule has 3 N–H and O–H groups in total. The number of aryl methyl sites for hydroxylation is 1. The second-order valence-corrected chi connectivity index (χ2v) is 12.1. The second-order valence-electron chi connectivity index (χ2n) is 10.1. The van der Waals surface area contributed by atoms with Crippen molar-refractivity contribution in [3.63, 3.8) is 0 Å². The Labute approximate surface area is 241 Å². The smallest absolute Gasteiger partial charge is 0.407 e. The Morgan fingerprint density at radius 3 is 2.34 bits per heavy atom. The van der Waals surface area contributed by atoms with Crippen LogP contribution in [0, 0.1) is 0 Å². The summed E-state index contributed by atoms with van der Waals surface area (Å²) in [6.07, 6.45) is 3.15. The number of esters is 2. The van der Waals surface area contributed by atoms with Crippen LogP contribution in [0.25, 0.3) is 0 Å². The summed E-state index contributed by atoms with van der Waals surface area (Å²) in [6, 6.07) is 18.7. The summed E-state index contributed by atoms with van der Waals surface area (Å²) < 4.78 is 28.4. The van der Waals surface area contributed by atoms with E-state index >= 15 is 0 Å². The molecule has 41 heavy (non-hydrogen) atoms. The third-order valence-corrected chi connectivity index (χ3v) is 8.19. The molecule has 0 bridgehead atoms. The summed E-state index contributed by atoms with van der Waals surface area (Å²) in [5, 5.41) is 5.61. The van der Waals surface area contributed by atoms with Crippen LogP contribution in [0.2, 0.25) is 0 Å². The number of carbonyl (C=O) groups is 3. The molecule has 2 unspecified atom stereocenters. The van der Waals surface area contributed by atoms with Crippen LogP contribution in [0.3, 0.4) is 0 Å². The molecule has 1 fully saturated rings. The highest BCUT2D eigenvalue weighted by Gasteiger charge is 2.33. The van der Waals surface area contributed by atoms with Gasteiger partial charge in [0.25, 0.3) is 0 Å². The molecule has 10 nitrogen and oxygen atoms in total. The molecule has 0 aromatic heterocycles. The van der Waals surface area contributed by atoms with Crippen LogP contribution >= 0.6 is 7.60 Å². The Morgan fingerprint density at radius 2 is 1.66 bits per heavy atom. The predicted octanol–water partition coefficient (Wildman–Crippen LogP) is 4.89. The first-order valence-corrected chi connectivity index (χ1v) is 16.1. The monoisotopic (exact) mass is 588 g/mol. The van der Waals surface area contributed by atoms with E-state index in [2.05, 4.69) is 10.6 Å². The third-order valence-electron chi connectivity index (χ3n) is 6.73. The van der Waals surface area contributed by atoms with Crippen LogP contribution in [0.4, 0.5) is 4.79 Å².